The minimum Gasteiger partial charge on any atom is -0.337 e. The average molecular weight is 274 g/mol. The van der Waals surface area contributed by atoms with Gasteiger partial charge in [0.05, 0.1) is 11.1 Å². The highest BCUT2D eigenvalue weighted by molar-refractivity contribution is 6.28. The number of unbranched alkanes of at least 4 members (excludes halogenated alkanes) is 3. The highest BCUT2D eigenvalue weighted by Crippen LogP contribution is 2.22. The predicted molar refractivity (Wildman–Crippen MR) is 74.5 cm³/mol. The van der Waals surface area contributed by atoms with Crippen LogP contribution in [0.15, 0.2) is 24.3 Å². The van der Waals surface area contributed by atoms with Gasteiger partial charge in [0, 0.05) is 6.54 Å². The molecule has 1 N–H and O–H groups in total. The van der Waals surface area contributed by atoms with Crippen molar-refractivity contribution < 1.29 is 14.4 Å². The second-order valence-corrected chi connectivity index (χ2v) is 4.78. The second kappa shape index (κ2) is 6.32. The minimum atomic E-state index is -0.632. The topological polar surface area (TPSA) is 66.5 Å². The smallest absolute Gasteiger partial charge is 0.331 e. The third-order valence-corrected chi connectivity index (χ3v) is 3.30. The molecule has 0 fully saturated rings. The molecule has 0 saturated heterocycles. The Morgan fingerprint density at radius 2 is 1.65 bits per heavy atom. The molecule has 20 heavy (non-hydrogen) atoms. The zero-order chi connectivity index (χ0) is 14.5. The summed E-state index contributed by atoms with van der Waals surface area (Å²) >= 11 is 0. The van der Waals surface area contributed by atoms with E-state index in [0.29, 0.717) is 22.6 Å². The van der Waals surface area contributed by atoms with Crippen LogP contribution in [0.5, 0.6) is 0 Å². The summed E-state index contributed by atoms with van der Waals surface area (Å²) in [5.74, 6) is -1.09. The number of rotatable bonds is 5. The number of fused-ring (bicyclic) bond motifs is 1. The molecule has 5 nitrogen and oxygen atoms in total. The quantitative estimate of drug-likeness (QED) is 0.663. The number of urea groups is 1. The van der Waals surface area contributed by atoms with E-state index in [1.54, 1.807) is 24.3 Å². The number of carbonyl (C=O) groups excluding carboxylic acids is 3. The SMILES string of the molecule is CCCCCCNC(=O)N1C(=O)c2ccccc2C1=O. The molecule has 2 rings (SSSR count). The van der Waals surface area contributed by atoms with Gasteiger partial charge in [0.1, 0.15) is 0 Å². The van der Waals surface area contributed by atoms with E-state index in [1.165, 1.54) is 0 Å². The molecule has 1 heterocycles. The molecule has 0 atom stereocenters. The number of nitrogens with zero attached hydrogens (tertiary/aromatic N) is 1. The molecule has 0 bridgehead atoms. The Labute approximate surface area is 118 Å². The van der Waals surface area contributed by atoms with Crippen molar-refractivity contribution in [1.82, 2.24) is 10.2 Å². The Morgan fingerprint density at radius 1 is 1.05 bits per heavy atom. The molecule has 5 heteroatoms. The Kier molecular flexibility index (Phi) is 4.50. The van der Waals surface area contributed by atoms with E-state index in [0.717, 1.165) is 25.7 Å². The van der Waals surface area contributed by atoms with E-state index >= 15 is 0 Å². The molecule has 1 aromatic rings. The zero-order valence-electron chi connectivity index (χ0n) is 11.5. The normalized spacial score (nSPS) is 13.6. The fourth-order valence-electron chi connectivity index (χ4n) is 2.20. The molecule has 1 aliphatic rings. The first-order chi connectivity index (χ1) is 9.66. The van der Waals surface area contributed by atoms with Crippen molar-refractivity contribution in [2.24, 2.45) is 0 Å². The van der Waals surface area contributed by atoms with Crippen LogP contribution in [0.3, 0.4) is 0 Å². The van der Waals surface area contributed by atoms with Crippen LogP contribution in [0.25, 0.3) is 0 Å². The Bertz CT molecular complexity index is 505. The maximum Gasteiger partial charge on any atom is 0.331 e. The van der Waals surface area contributed by atoms with Crippen molar-refractivity contribution in [3.05, 3.63) is 35.4 Å². The molecule has 4 amide bonds. The maximum absolute atomic E-state index is 12.0. The molecule has 0 spiro atoms. The number of hydrogen-bond acceptors (Lipinski definition) is 3. The standard InChI is InChI=1S/C15H18N2O3/c1-2-3-4-7-10-16-15(20)17-13(18)11-8-5-6-9-12(11)14(17)19/h5-6,8-9H,2-4,7,10H2,1H3,(H,16,20). The highest BCUT2D eigenvalue weighted by atomic mass is 16.2. The zero-order valence-corrected chi connectivity index (χ0v) is 11.5. The summed E-state index contributed by atoms with van der Waals surface area (Å²) in [6, 6.07) is 5.84. The summed E-state index contributed by atoms with van der Waals surface area (Å²) in [5, 5.41) is 2.62. The van der Waals surface area contributed by atoms with E-state index in [2.05, 4.69) is 12.2 Å². The van der Waals surface area contributed by atoms with Crippen molar-refractivity contribution >= 4 is 17.8 Å². The summed E-state index contributed by atoms with van der Waals surface area (Å²) in [4.78, 5) is 36.7. The van der Waals surface area contributed by atoms with Crippen molar-refractivity contribution in [3.63, 3.8) is 0 Å². The van der Waals surface area contributed by atoms with E-state index < -0.39 is 17.8 Å². The van der Waals surface area contributed by atoms with Gasteiger partial charge in [-0.3, -0.25) is 9.59 Å². The summed E-state index contributed by atoms with van der Waals surface area (Å²) in [5.41, 5.74) is 0.581. The monoisotopic (exact) mass is 274 g/mol. The molecular weight excluding hydrogens is 256 g/mol. The van der Waals surface area contributed by atoms with Gasteiger partial charge < -0.3 is 5.32 Å². The first kappa shape index (κ1) is 14.2. The van der Waals surface area contributed by atoms with Crippen LogP contribution in [0.1, 0.15) is 53.3 Å². The molecular formula is C15H18N2O3. The van der Waals surface area contributed by atoms with Crippen LogP contribution in [-0.2, 0) is 0 Å². The highest BCUT2D eigenvalue weighted by Gasteiger charge is 2.39. The minimum absolute atomic E-state index is 0.290. The summed E-state index contributed by atoms with van der Waals surface area (Å²) < 4.78 is 0. The third-order valence-electron chi connectivity index (χ3n) is 3.30. The van der Waals surface area contributed by atoms with Gasteiger partial charge in [-0.2, -0.15) is 4.90 Å². The first-order valence-corrected chi connectivity index (χ1v) is 6.92. The van der Waals surface area contributed by atoms with Crippen molar-refractivity contribution in [2.75, 3.05) is 6.54 Å². The number of imide groups is 3. The first-order valence-electron chi connectivity index (χ1n) is 6.92. The van der Waals surface area contributed by atoms with Gasteiger partial charge in [0.25, 0.3) is 11.8 Å². The number of nitrogens with one attached hydrogen (secondary N) is 1. The van der Waals surface area contributed by atoms with E-state index in [1.807, 2.05) is 0 Å². The lowest BCUT2D eigenvalue weighted by Gasteiger charge is -2.12. The summed E-state index contributed by atoms with van der Waals surface area (Å²) in [6.45, 7) is 2.59. The second-order valence-electron chi connectivity index (χ2n) is 4.78. The van der Waals surface area contributed by atoms with E-state index in [9.17, 15) is 14.4 Å². The van der Waals surface area contributed by atoms with Crippen LogP contribution >= 0.6 is 0 Å². The van der Waals surface area contributed by atoms with Crippen molar-refractivity contribution in [1.29, 1.82) is 0 Å². The number of carbonyl (C=O) groups is 3. The predicted octanol–water partition coefficient (Wildman–Crippen LogP) is 2.57. The molecule has 1 aromatic carbocycles. The molecule has 0 saturated carbocycles. The van der Waals surface area contributed by atoms with Gasteiger partial charge in [-0.05, 0) is 18.6 Å². The lowest BCUT2D eigenvalue weighted by atomic mass is 10.1. The van der Waals surface area contributed by atoms with Gasteiger partial charge >= 0.3 is 6.03 Å². The van der Waals surface area contributed by atoms with Gasteiger partial charge in [-0.25, -0.2) is 4.79 Å². The summed E-state index contributed by atoms with van der Waals surface area (Å²) in [7, 11) is 0. The van der Waals surface area contributed by atoms with Gasteiger partial charge in [-0.1, -0.05) is 38.3 Å². The van der Waals surface area contributed by atoms with Crippen LogP contribution in [0.4, 0.5) is 4.79 Å². The number of hydrogen-bond donors (Lipinski definition) is 1. The molecule has 106 valence electrons. The fourth-order valence-corrected chi connectivity index (χ4v) is 2.20. The maximum atomic E-state index is 12.0. The lowest BCUT2D eigenvalue weighted by molar-refractivity contribution is 0.0703. The van der Waals surface area contributed by atoms with Gasteiger partial charge in [0.2, 0.25) is 0 Å². The molecule has 0 aliphatic carbocycles. The third kappa shape index (κ3) is 2.71. The molecule has 0 aromatic heterocycles. The van der Waals surface area contributed by atoms with Crippen LogP contribution in [0.2, 0.25) is 0 Å². The largest absolute Gasteiger partial charge is 0.337 e. The fraction of sp³-hybridized carbons (Fsp3) is 0.400. The van der Waals surface area contributed by atoms with Crippen LogP contribution in [-0.4, -0.2) is 29.3 Å². The Morgan fingerprint density at radius 3 is 2.20 bits per heavy atom. The van der Waals surface area contributed by atoms with Crippen LogP contribution < -0.4 is 5.32 Å². The number of benzene rings is 1. The lowest BCUT2D eigenvalue weighted by Crippen LogP contribution is -2.43. The van der Waals surface area contributed by atoms with Crippen molar-refractivity contribution in [3.8, 4) is 0 Å². The molecule has 0 unspecified atom stereocenters. The Hall–Kier alpha value is -2.17. The van der Waals surface area contributed by atoms with Gasteiger partial charge in [-0.15, -0.1) is 0 Å². The van der Waals surface area contributed by atoms with Crippen molar-refractivity contribution in [2.45, 2.75) is 32.6 Å². The van der Waals surface area contributed by atoms with Gasteiger partial charge in [0.15, 0.2) is 0 Å². The number of amides is 4. The summed E-state index contributed by atoms with van der Waals surface area (Å²) in [6.07, 6.45) is 4.11. The van der Waals surface area contributed by atoms with Crippen LogP contribution in [0, 0.1) is 0 Å². The molecule has 1 aliphatic heterocycles. The average Bonchev–Trinajstić information content (AvgIpc) is 2.71. The van der Waals surface area contributed by atoms with E-state index in [-0.39, 0.29) is 0 Å². The Balaban J connectivity index is 1.95. The van der Waals surface area contributed by atoms with E-state index in [4.69, 9.17) is 0 Å². The molecule has 0 radical (unpaired) electrons.